The standard InChI is InChI=1S/C21H29N3O5/c1-15-7-6-12-23(14-15)18-9-8-17(13-19(18)24(27)28)21(26)29-16(2)20(25)22-10-4-3-5-11-22/h8-9,13,15-16H,3-7,10-12,14H2,1-2H3/t15-,16+/m1/s1. The average Bonchev–Trinajstić information content (AvgIpc) is 2.73. The molecule has 8 nitrogen and oxygen atoms in total. The van der Waals surface area contributed by atoms with Crippen LogP contribution in [0.15, 0.2) is 18.2 Å². The van der Waals surface area contributed by atoms with Gasteiger partial charge in [0.15, 0.2) is 6.10 Å². The minimum Gasteiger partial charge on any atom is -0.449 e. The number of carbonyl (C=O) groups excluding carboxylic acids is 2. The molecule has 0 aliphatic carbocycles. The molecular weight excluding hydrogens is 374 g/mol. The van der Waals surface area contributed by atoms with E-state index in [-0.39, 0.29) is 17.2 Å². The van der Waals surface area contributed by atoms with Gasteiger partial charge in [-0.3, -0.25) is 14.9 Å². The first-order valence-corrected chi connectivity index (χ1v) is 10.4. The maximum absolute atomic E-state index is 12.5. The summed E-state index contributed by atoms with van der Waals surface area (Å²) in [5.74, 6) is -0.467. The Morgan fingerprint density at radius 3 is 2.55 bits per heavy atom. The fraction of sp³-hybridized carbons (Fsp3) is 0.619. The number of amides is 1. The van der Waals surface area contributed by atoms with Crippen molar-refractivity contribution >= 4 is 23.3 Å². The maximum Gasteiger partial charge on any atom is 0.339 e. The number of ether oxygens (including phenoxy) is 1. The SMILES string of the molecule is C[C@@H]1CCCN(c2ccc(C(=O)O[C@@H](C)C(=O)N3CCCCC3)cc2[N+](=O)[O-])C1. The number of hydrogen-bond donors (Lipinski definition) is 0. The smallest absolute Gasteiger partial charge is 0.339 e. The van der Waals surface area contributed by atoms with Crippen molar-refractivity contribution in [3.8, 4) is 0 Å². The Balaban J connectivity index is 1.72. The molecule has 0 bridgehead atoms. The number of hydrogen-bond acceptors (Lipinski definition) is 6. The molecule has 2 aliphatic rings. The van der Waals surface area contributed by atoms with Gasteiger partial charge in [0.1, 0.15) is 5.69 Å². The Kier molecular flexibility index (Phi) is 6.71. The minimum atomic E-state index is -0.915. The van der Waals surface area contributed by atoms with Crippen molar-refractivity contribution in [2.75, 3.05) is 31.1 Å². The molecule has 0 unspecified atom stereocenters. The van der Waals surface area contributed by atoms with Crippen LogP contribution in [0.4, 0.5) is 11.4 Å². The zero-order valence-corrected chi connectivity index (χ0v) is 17.1. The molecule has 2 heterocycles. The molecule has 2 saturated heterocycles. The first-order chi connectivity index (χ1) is 13.9. The van der Waals surface area contributed by atoms with Crippen LogP contribution in [0, 0.1) is 16.0 Å². The predicted octanol–water partition coefficient (Wildman–Crippen LogP) is 3.39. The van der Waals surface area contributed by atoms with Crippen molar-refractivity contribution < 1.29 is 19.2 Å². The van der Waals surface area contributed by atoms with Crippen LogP contribution >= 0.6 is 0 Å². The van der Waals surface area contributed by atoms with Crippen molar-refractivity contribution in [3.63, 3.8) is 0 Å². The molecule has 0 spiro atoms. The van der Waals surface area contributed by atoms with Crippen molar-refractivity contribution in [1.29, 1.82) is 0 Å². The summed E-state index contributed by atoms with van der Waals surface area (Å²) in [6, 6.07) is 4.42. The highest BCUT2D eigenvalue weighted by atomic mass is 16.6. The lowest BCUT2D eigenvalue weighted by molar-refractivity contribution is -0.384. The third-order valence-corrected chi connectivity index (χ3v) is 5.70. The third-order valence-electron chi connectivity index (χ3n) is 5.70. The molecule has 1 aromatic carbocycles. The predicted molar refractivity (Wildman–Crippen MR) is 109 cm³/mol. The van der Waals surface area contributed by atoms with Crippen LogP contribution in [0.2, 0.25) is 0 Å². The third kappa shape index (κ3) is 5.05. The van der Waals surface area contributed by atoms with Crippen LogP contribution < -0.4 is 4.90 Å². The van der Waals surface area contributed by atoms with Crippen LogP contribution in [-0.4, -0.2) is 54.0 Å². The fourth-order valence-corrected chi connectivity index (χ4v) is 4.12. The Labute approximate surface area is 171 Å². The monoisotopic (exact) mass is 403 g/mol. The van der Waals surface area contributed by atoms with E-state index in [4.69, 9.17) is 4.74 Å². The van der Waals surface area contributed by atoms with E-state index in [9.17, 15) is 19.7 Å². The normalized spacial score (nSPS) is 20.8. The van der Waals surface area contributed by atoms with E-state index in [1.54, 1.807) is 24.0 Å². The number of likely N-dealkylation sites (tertiary alicyclic amines) is 1. The van der Waals surface area contributed by atoms with Crippen molar-refractivity contribution in [3.05, 3.63) is 33.9 Å². The summed E-state index contributed by atoms with van der Waals surface area (Å²) in [6.45, 7) is 6.55. The van der Waals surface area contributed by atoms with Gasteiger partial charge < -0.3 is 14.5 Å². The lowest BCUT2D eigenvalue weighted by Gasteiger charge is -2.32. The van der Waals surface area contributed by atoms with Gasteiger partial charge in [-0.15, -0.1) is 0 Å². The summed E-state index contributed by atoms with van der Waals surface area (Å²) in [6.07, 6.45) is 4.19. The summed E-state index contributed by atoms with van der Waals surface area (Å²) >= 11 is 0. The van der Waals surface area contributed by atoms with Gasteiger partial charge in [0.25, 0.3) is 11.6 Å². The minimum absolute atomic E-state index is 0.0869. The van der Waals surface area contributed by atoms with E-state index in [0.29, 0.717) is 24.7 Å². The van der Waals surface area contributed by atoms with E-state index in [0.717, 1.165) is 45.2 Å². The van der Waals surface area contributed by atoms with Gasteiger partial charge in [-0.05, 0) is 57.1 Å². The maximum atomic E-state index is 12.5. The molecule has 2 atom stereocenters. The number of carbonyl (C=O) groups is 2. The molecule has 1 aromatic rings. The first kappa shape index (κ1) is 21.1. The summed E-state index contributed by atoms with van der Waals surface area (Å²) in [5.41, 5.74) is 0.503. The van der Waals surface area contributed by atoms with Crippen LogP contribution in [0.25, 0.3) is 0 Å². The number of nitrogens with zero attached hydrogens (tertiary/aromatic N) is 3. The van der Waals surface area contributed by atoms with Gasteiger partial charge in [-0.25, -0.2) is 4.79 Å². The molecule has 158 valence electrons. The van der Waals surface area contributed by atoms with Gasteiger partial charge in [-0.2, -0.15) is 0 Å². The van der Waals surface area contributed by atoms with E-state index in [1.165, 1.54) is 6.07 Å². The zero-order chi connectivity index (χ0) is 21.0. The van der Waals surface area contributed by atoms with Crippen molar-refractivity contribution in [2.45, 2.75) is 52.1 Å². The first-order valence-electron chi connectivity index (χ1n) is 10.4. The van der Waals surface area contributed by atoms with Crippen molar-refractivity contribution in [2.24, 2.45) is 5.92 Å². The van der Waals surface area contributed by atoms with Gasteiger partial charge in [0.2, 0.25) is 0 Å². The summed E-state index contributed by atoms with van der Waals surface area (Å²) < 4.78 is 5.32. The molecule has 0 N–H and O–H groups in total. The number of esters is 1. The summed E-state index contributed by atoms with van der Waals surface area (Å²) in [4.78, 5) is 39.9. The molecule has 29 heavy (non-hydrogen) atoms. The molecule has 0 aromatic heterocycles. The van der Waals surface area contributed by atoms with Crippen LogP contribution in [-0.2, 0) is 9.53 Å². The van der Waals surface area contributed by atoms with Crippen LogP contribution in [0.5, 0.6) is 0 Å². The quantitative estimate of drug-likeness (QED) is 0.425. The van der Waals surface area contributed by atoms with Crippen LogP contribution in [0.3, 0.4) is 0 Å². The molecule has 0 radical (unpaired) electrons. The zero-order valence-electron chi connectivity index (χ0n) is 17.1. The van der Waals surface area contributed by atoms with Gasteiger partial charge in [-0.1, -0.05) is 6.92 Å². The number of anilines is 1. The second-order valence-electron chi connectivity index (χ2n) is 8.09. The second kappa shape index (κ2) is 9.24. The number of nitro groups is 1. The number of nitro benzene ring substituents is 1. The lowest BCUT2D eigenvalue weighted by atomic mass is 9.99. The topological polar surface area (TPSA) is 93.0 Å². The van der Waals surface area contributed by atoms with Crippen LogP contribution in [0.1, 0.15) is 56.3 Å². The van der Waals surface area contributed by atoms with E-state index in [1.807, 2.05) is 4.90 Å². The van der Waals surface area contributed by atoms with E-state index < -0.39 is 17.0 Å². The van der Waals surface area contributed by atoms with E-state index >= 15 is 0 Å². The number of piperidine rings is 2. The Bertz CT molecular complexity index is 776. The Morgan fingerprint density at radius 1 is 1.17 bits per heavy atom. The number of rotatable bonds is 5. The molecule has 1 amide bonds. The van der Waals surface area contributed by atoms with Gasteiger partial charge >= 0.3 is 5.97 Å². The molecule has 3 rings (SSSR count). The molecule has 0 saturated carbocycles. The largest absolute Gasteiger partial charge is 0.449 e. The Hall–Kier alpha value is -2.64. The lowest BCUT2D eigenvalue weighted by Crippen LogP contribution is -2.42. The molecule has 2 aliphatic heterocycles. The second-order valence-corrected chi connectivity index (χ2v) is 8.09. The average molecular weight is 403 g/mol. The molecular formula is C21H29N3O5. The fourth-order valence-electron chi connectivity index (χ4n) is 4.12. The van der Waals surface area contributed by atoms with Gasteiger partial charge in [0, 0.05) is 32.2 Å². The van der Waals surface area contributed by atoms with Crippen molar-refractivity contribution in [1.82, 2.24) is 4.90 Å². The van der Waals surface area contributed by atoms with E-state index in [2.05, 4.69) is 6.92 Å². The Morgan fingerprint density at radius 2 is 1.90 bits per heavy atom. The summed E-state index contributed by atoms with van der Waals surface area (Å²) in [5, 5.41) is 11.6. The highest BCUT2D eigenvalue weighted by Gasteiger charge is 2.28. The molecule has 2 fully saturated rings. The highest BCUT2D eigenvalue weighted by Crippen LogP contribution is 2.32. The number of benzene rings is 1. The highest BCUT2D eigenvalue weighted by molar-refractivity contribution is 5.93. The molecule has 8 heteroatoms. The summed E-state index contributed by atoms with van der Waals surface area (Å²) in [7, 11) is 0. The van der Waals surface area contributed by atoms with Gasteiger partial charge in [0.05, 0.1) is 10.5 Å².